The second-order valence-corrected chi connectivity index (χ2v) is 10.5. The Balaban J connectivity index is 0.00000264. The molecule has 1 radical (unpaired) electrons. The number of rotatable bonds is 8. The summed E-state index contributed by atoms with van der Waals surface area (Å²) in [5.41, 5.74) is 12.2. The fourth-order valence-electron chi connectivity index (χ4n) is 5.60. The van der Waals surface area contributed by atoms with Crippen LogP contribution in [0, 0.1) is 13.8 Å². The summed E-state index contributed by atoms with van der Waals surface area (Å²) in [7, 11) is 0. The number of aryl methyl sites for hydroxylation is 4. The molecule has 0 amide bonds. The molecule has 0 saturated carbocycles. The molecule has 5 heterocycles. The SMILES string of the molecule is C=CC1=C(C)c2cc3[n-]c(cc4[n-]c(cc5nc(cc1n2)C(C)=C5C=C)c(C)c4CCC(=O)[O-])c(CCC(=O)[O-])c3C.O.[Fe+5]. The zero-order valence-corrected chi connectivity index (χ0v) is 26.1. The molecule has 0 aliphatic carbocycles. The van der Waals surface area contributed by atoms with E-state index in [1.165, 1.54) is 0 Å². The van der Waals surface area contributed by atoms with Gasteiger partial charge >= 0.3 is 17.1 Å². The largest absolute Gasteiger partial charge is 5.00 e. The van der Waals surface area contributed by atoms with Crippen molar-refractivity contribution in [3.05, 3.63) is 94.6 Å². The van der Waals surface area contributed by atoms with Crippen LogP contribution in [-0.2, 0) is 39.5 Å². The Morgan fingerprint density at radius 1 is 0.682 bits per heavy atom. The number of carboxylic acids is 2. The molecule has 8 bridgehead atoms. The molecule has 0 unspecified atom stereocenters. The maximum Gasteiger partial charge on any atom is 5.00 e. The molecule has 2 aliphatic heterocycles. The Hall–Kier alpha value is -4.50. The van der Waals surface area contributed by atoms with E-state index in [2.05, 4.69) is 13.2 Å². The number of allylic oxidation sites excluding steroid dienone is 6. The standard InChI is InChI=1S/C34H34N4O4.Fe.H2O/c1-7-21-17(3)25-13-26-19(5)23(9-11-33(39)40)31(37-26)16-32-24(10-12-34(41)42)20(6)28(38-32)15-30-22(8-2)18(4)27(36-30)14-29(21)35-25;;/h7-8,13-16H,1-2,9-12H2,3-6H3,(H4,35,36,37,38,39,40,41,42);;1H2/q;+5;/p-4. The number of fused-ring (bicyclic) bond motifs is 8. The van der Waals surface area contributed by atoms with Crippen LogP contribution >= 0.6 is 0 Å². The summed E-state index contributed by atoms with van der Waals surface area (Å²) in [6.07, 6.45) is 3.65. The monoisotopic (exact) mass is 632 g/mol. The van der Waals surface area contributed by atoms with Crippen LogP contribution in [0.1, 0.15) is 71.7 Å². The molecule has 0 spiro atoms. The summed E-state index contributed by atoms with van der Waals surface area (Å²) < 4.78 is 0. The third-order valence-corrected chi connectivity index (χ3v) is 8.04. The number of hydrogen-bond acceptors (Lipinski definition) is 6. The molecule has 5 rings (SSSR count). The van der Waals surface area contributed by atoms with Crippen LogP contribution in [-0.4, -0.2) is 27.4 Å². The third-order valence-electron chi connectivity index (χ3n) is 8.04. The summed E-state index contributed by atoms with van der Waals surface area (Å²) in [6.45, 7) is 15.8. The van der Waals surface area contributed by atoms with Crippen molar-refractivity contribution in [2.24, 2.45) is 0 Å². The first-order valence-corrected chi connectivity index (χ1v) is 13.7. The van der Waals surface area contributed by atoms with Crippen molar-refractivity contribution in [3.63, 3.8) is 0 Å². The van der Waals surface area contributed by atoms with E-state index in [0.717, 1.165) is 61.6 Å². The maximum atomic E-state index is 11.4. The number of nitrogens with zero attached hydrogens (tertiary/aromatic N) is 4. The summed E-state index contributed by atoms with van der Waals surface area (Å²) in [4.78, 5) is 42.4. The van der Waals surface area contributed by atoms with Crippen LogP contribution < -0.4 is 20.2 Å². The van der Waals surface area contributed by atoms with Gasteiger partial charge in [0, 0.05) is 23.1 Å². The van der Waals surface area contributed by atoms with Gasteiger partial charge in [-0.25, -0.2) is 9.97 Å². The molecule has 0 fully saturated rings. The zero-order valence-electron chi connectivity index (χ0n) is 25.0. The van der Waals surface area contributed by atoms with Gasteiger partial charge in [-0.15, -0.1) is 22.1 Å². The van der Waals surface area contributed by atoms with Gasteiger partial charge in [-0.1, -0.05) is 65.8 Å². The minimum absolute atomic E-state index is 0. The fraction of sp³-hybridized carbons (Fsp3) is 0.235. The number of carbonyl (C=O) groups is 2. The number of hydrogen-bond donors (Lipinski definition) is 0. The number of aliphatic carboxylic acids is 2. The van der Waals surface area contributed by atoms with E-state index >= 15 is 0 Å². The van der Waals surface area contributed by atoms with Crippen LogP contribution in [0.5, 0.6) is 0 Å². The predicted octanol–water partition coefficient (Wildman–Crippen LogP) is 2.96. The third kappa shape index (κ3) is 6.24. The Kier molecular flexibility index (Phi) is 10.4. The van der Waals surface area contributed by atoms with Gasteiger partial charge in [-0.3, -0.25) is 0 Å². The van der Waals surface area contributed by atoms with Gasteiger partial charge in [0.1, 0.15) is 0 Å². The molecule has 0 atom stereocenters. The summed E-state index contributed by atoms with van der Waals surface area (Å²) in [5, 5.41) is 22.8. The van der Waals surface area contributed by atoms with Gasteiger partial charge in [-0.2, -0.15) is 0 Å². The van der Waals surface area contributed by atoms with Gasteiger partial charge < -0.3 is 35.2 Å². The van der Waals surface area contributed by atoms with Crippen LogP contribution in [0.2, 0.25) is 0 Å². The molecule has 2 aliphatic rings. The smallest absolute Gasteiger partial charge is 0.657 e. The van der Waals surface area contributed by atoms with Crippen molar-refractivity contribution in [3.8, 4) is 0 Å². The van der Waals surface area contributed by atoms with Crippen molar-refractivity contribution in [2.45, 2.75) is 53.4 Å². The Morgan fingerprint density at radius 3 is 1.48 bits per heavy atom. The summed E-state index contributed by atoms with van der Waals surface area (Å²) in [5.74, 6) is -2.31. The Morgan fingerprint density at radius 2 is 1.07 bits per heavy atom. The quantitative estimate of drug-likeness (QED) is 0.342. The zero-order chi connectivity index (χ0) is 30.3. The minimum Gasteiger partial charge on any atom is -0.657 e. The first-order valence-electron chi connectivity index (χ1n) is 13.7. The molecular weight excluding hydrogens is 600 g/mol. The fourth-order valence-corrected chi connectivity index (χ4v) is 5.60. The average Bonchev–Trinajstić information content (AvgIpc) is 3.59. The van der Waals surface area contributed by atoms with Crippen LogP contribution in [0.4, 0.5) is 0 Å². The normalized spacial score (nSPS) is 12.5. The van der Waals surface area contributed by atoms with E-state index in [1.54, 1.807) is 18.2 Å². The molecule has 3 aromatic heterocycles. The van der Waals surface area contributed by atoms with Crippen LogP contribution in [0.25, 0.3) is 44.4 Å². The van der Waals surface area contributed by atoms with E-state index in [1.807, 2.05) is 45.9 Å². The van der Waals surface area contributed by atoms with Crippen LogP contribution in [0.3, 0.4) is 0 Å². The molecule has 10 heteroatoms. The van der Waals surface area contributed by atoms with Crippen molar-refractivity contribution in [1.29, 1.82) is 0 Å². The van der Waals surface area contributed by atoms with E-state index < -0.39 is 11.9 Å². The molecule has 0 aromatic carbocycles. The molecular formula is C34H32FeN4O5+. The van der Waals surface area contributed by atoms with Crippen molar-refractivity contribution in [2.75, 3.05) is 0 Å². The van der Waals surface area contributed by atoms with E-state index in [-0.39, 0.29) is 48.2 Å². The molecule has 225 valence electrons. The van der Waals surface area contributed by atoms with Gasteiger partial charge in [0.25, 0.3) is 0 Å². The molecule has 44 heavy (non-hydrogen) atoms. The van der Waals surface area contributed by atoms with Crippen molar-refractivity contribution >= 4 is 56.3 Å². The first-order chi connectivity index (χ1) is 20.0. The second kappa shape index (κ2) is 13.4. The topological polar surface area (TPSA) is 166 Å². The minimum atomic E-state index is -1.16. The van der Waals surface area contributed by atoms with Crippen LogP contribution in [0.15, 0.2) is 49.6 Å². The number of aromatic nitrogens is 4. The molecule has 0 saturated heterocycles. The van der Waals surface area contributed by atoms with E-state index in [9.17, 15) is 19.8 Å². The number of carbonyl (C=O) groups excluding carboxylic acids is 2. The van der Waals surface area contributed by atoms with Crippen molar-refractivity contribution in [1.82, 2.24) is 19.9 Å². The molecule has 2 N–H and O–H groups in total. The molecule has 9 nitrogen and oxygen atoms in total. The maximum absolute atomic E-state index is 11.4. The van der Waals surface area contributed by atoms with Gasteiger partial charge in [0.2, 0.25) is 0 Å². The van der Waals surface area contributed by atoms with Gasteiger partial charge in [0.05, 0.1) is 22.8 Å². The Labute approximate surface area is 266 Å². The van der Waals surface area contributed by atoms with Gasteiger partial charge in [-0.05, 0) is 70.6 Å². The van der Waals surface area contributed by atoms with E-state index in [0.29, 0.717) is 27.8 Å². The van der Waals surface area contributed by atoms with Gasteiger partial charge in [0.15, 0.2) is 0 Å². The Bertz CT molecular complexity index is 1930. The number of carboxylic acid groups (broad SMARTS) is 2. The predicted molar refractivity (Wildman–Crippen MR) is 164 cm³/mol. The second-order valence-electron chi connectivity index (χ2n) is 10.5. The first kappa shape index (κ1) is 34.0. The summed E-state index contributed by atoms with van der Waals surface area (Å²) in [6, 6.07) is 7.52. The van der Waals surface area contributed by atoms with Crippen molar-refractivity contribution < 1.29 is 42.3 Å². The summed E-state index contributed by atoms with van der Waals surface area (Å²) >= 11 is 0. The molecule has 3 aromatic rings. The van der Waals surface area contributed by atoms with E-state index in [4.69, 9.17) is 19.9 Å². The average molecular weight is 632 g/mol.